The van der Waals surface area contributed by atoms with Crippen molar-refractivity contribution in [3.63, 3.8) is 0 Å². The molecule has 5 nitrogen and oxygen atoms in total. The first kappa shape index (κ1) is 19.2. The van der Waals surface area contributed by atoms with E-state index >= 15 is 0 Å². The first-order valence-corrected chi connectivity index (χ1v) is 8.55. The van der Waals surface area contributed by atoms with Crippen molar-refractivity contribution in [2.75, 3.05) is 31.6 Å². The summed E-state index contributed by atoms with van der Waals surface area (Å²) in [6.07, 6.45) is 0. The Labute approximate surface area is 154 Å². The van der Waals surface area contributed by atoms with Gasteiger partial charge in [-0.25, -0.2) is 13.2 Å². The molecule has 0 saturated carbocycles. The number of aliphatic hydroxyl groups excluding tert-OH is 1. The first-order valence-electron chi connectivity index (χ1n) is 8.55. The monoisotopic (exact) mass is 379 g/mol. The van der Waals surface area contributed by atoms with Crippen LogP contribution in [0.3, 0.4) is 0 Å². The van der Waals surface area contributed by atoms with Crippen LogP contribution in [0.4, 0.5) is 24.5 Å². The highest BCUT2D eigenvalue weighted by molar-refractivity contribution is 6.01. The number of rotatable bonds is 6. The molecule has 0 unspecified atom stereocenters. The Morgan fingerprint density at radius 3 is 2.59 bits per heavy atom. The minimum atomic E-state index is -1.24. The average molecular weight is 379 g/mol. The summed E-state index contributed by atoms with van der Waals surface area (Å²) in [5.74, 6) is -3.48. The van der Waals surface area contributed by atoms with Crippen LogP contribution in [0.5, 0.6) is 0 Å². The smallest absolute Gasteiger partial charge is 0.256 e. The Morgan fingerprint density at radius 1 is 1.19 bits per heavy atom. The number of likely N-dealkylation sites (tertiary alicyclic amines) is 1. The molecule has 2 aromatic carbocycles. The SMILES string of the molecule is Cc1ccc(Nc2c(C(=O)N3CC(NCCO)C3)ccc(F)c2F)c(F)c1. The number of carbonyl (C=O) groups is 1. The van der Waals surface area contributed by atoms with Crippen molar-refractivity contribution in [3.05, 3.63) is 58.9 Å². The van der Waals surface area contributed by atoms with Crippen LogP contribution in [0.1, 0.15) is 15.9 Å². The van der Waals surface area contributed by atoms with E-state index in [4.69, 9.17) is 5.11 Å². The Hall–Kier alpha value is -2.58. The largest absolute Gasteiger partial charge is 0.395 e. The molecule has 0 spiro atoms. The summed E-state index contributed by atoms with van der Waals surface area (Å²) in [6.45, 7) is 2.88. The van der Waals surface area contributed by atoms with Gasteiger partial charge in [0.15, 0.2) is 11.6 Å². The molecule has 27 heavy (non-hydrogen) atoms. The zero-order valence-electron chi connectivity index (χ0n) is 14.7. The van der Waals surface area contributed by atoms with Gasteiger partial charge in [-0.1, -0.05) is 6.07 Å². The number of amides is 1. The van der Waals surface area contributed by atoms with Gasteiger partial charge >= 0.3 is 0 Å². The van der Waals surface area contributed by atoms with Gasteiger partial charge in [-0.15, -0.1) is 0 Å². The maximum atomic E-state index is 14.4. The van der Waals surface area contributed by atoms with Crippen LogP contribution in [0.25, 0.3) is 0 Å². The zero-order valence-corrected chi connectivity index (χ0v) is 14.7. The summed E-state index contributed by atoms with van der Waals surface area (Å²) in [7, 11) is 0. The number of halogens is 3. The molecular weight excluding hydrogens is 359 g/mol. The van der Waals surface area contributed by atoms with Crippen LogP contribution in [0.15, 0.2) is 30.3 Å². The molecule has 2 aromatic rings. The number of hydrogen-bond donors (Lipinski definition) is 3. The molecule has 0 aromatic heterocycles. The number of nitrogens with zero attached hydrogens (tertiary/aromatic N) is 1. The molecule has 1 aliphatic heterocycles. The third kappa shape index (κ3) is 4.06. The Balaban J connectivity index is 1.84. The number of anilines is 2. The fourth-order valence-corrected chi connectivity index (χ4v) is 2.92. The molecule has 8 heteroatoms. The van der Waals surface area contributed by atoms with Crippen molar-refractivity contribution >= 4 is 17.3 Å². The molecule has 144 valence electrons. The fourth-order valence-electron chi connectivity index (χ4n) is 2.92. The highest BCUT2D eigenvalue weighted by Crippen LogP contribution is 2.30. The number of aliphatic hydroxyl groups is 1. The third-order valence-electron chi connectivity index (χ3n) is 4.42. The van der Waals surface area contributed by atoms with Crippen molar-refractivity contribution in [2.45, 2.75) is 13.0 Å². The van der Waals surface area contributed by atoms with Gasteiger partial charge in [0.2, 0.25) is 0 Å². The molecule has 0 bridgehead atoms. The predicted octanol–water partition coefficient (Wildman–Crippen LogP) is 2.56. The molecule has 0 radical (unpaired) electrons. The number of hydrogen-bond acceptors (Lipinski definition) is 4. The number of nitrogens with one attached hydrogen (secondary N) is 2. The second-order valence-corrected chi connectivity index (χ2v) is 6.48. The quantitative estimate of drug-likeness (QED) is 0.722. The van der Waals surface area contributed by atoms with Gasteiger partial charge in [-0.3, -0.25) is 4.79 Å². The van der Waals surface area contributed by atoms with E-state index in [2.05, 4.69) is 10.6 Å². The van der Waals surface area contributed by atoms with Crippen LogP contribution in [0.2, 0.25) is 0 Å². The van der Waals surface area contributed by atoms with E-state index in [-0.39, 0.29) is 23.9 Å². The molecule has 1 aliphatic rings. The van der Waals surface area contributed by atoms with Crippen LogP contribution in [-0.2, 0) is 0 Å². The van der Waals surface area contributed by atoms with E-state index in [0.29, 0.717) is 25.2 Å². The van der Waals surface area contributed by atoms with E-state index < -0.39 is 29.0 Å². The average Bonchev–Trinajstić information content (AvgIpc) is 2.59. The lowest BCUT2D eigenvalue weighted by Crippen LogP contribution is -2.60. The minimum Gasteiger partial charge on any atom is -0.395 e. The standard InChI is InChI=1S/C19H20F3N3O2/c1-11-2-5-16(15(21)8-11)24-18-13(3-4-14(20)17(18)22)19(27)25-9-12(10-25)23-6-7-26/h2-5,8,12,23-24,26H,6-7,9-10H2,1H3. The molecule has 0 atom stereocenters. The molecule has 3 rings (SSSR count). The lowest BCUT2D eigenvalue weighted by molar-refractivity contribution is 0.0563. The van der Waals surface area contributed by atoms with Crippen molar-refractivity contribution in [1.29, 1.82) is 0 Å². The minimum absolute atomic E-state index is 0.0101. The lowest BCUT2D eigenvalue weighted by atomic mass is 10.0. The predicted molar refractivity (Wildman–Crippen MR) is 95.6 cm³/mol. The van der Waals surface area contributed by atoms with Crippen LogP contribution in [-0.4, -0.2) is 48.2 Å². The Bertz CT molecular complexity index is 854. The second-order valence-electron chi connectivity index (χ2n) is 6.48. The van der Waals surface area contributed by atoms with E-state index in [1.165, 1.54) is 23.1 Å². The van der Waals surface area contributed by atoms with Gasteiger partial charge in [-0.2, -0.15) is 0 Å². The Kier molecular flexibility index (Phi) is 5.67. The molecule has 3 N–H and O–H groups in total. The summed E-state index contributed by atoms with van der Waals surface area (Å²) < 4.78 is 42.2. The lowest BCUT2D eigenvalue weighted by Gasteiger charge is -2.40. The fraction of sp³-hybridized carbons (Fsp3) is 0.316. The number of carbonyl (C=O) groups excluding carboxylic acids is 1. The van der Waals surface area contributed by atoms with Crippen LogP contribution < -0.4 is 10.6 Å². The van der Waals surface area contributed by atoms with E-state index in [9.17, 15) is 18.0 Å². The molecule has 1 amide bonds. The van der Waals surface area contributed by atoms with Gasteiger partial charge < -0.3 is 20.6 Å². The maximum Gasteiger partial charge on any atom is 0.256 e. The maximum absolute atomic E-state index is 14.4. The van der Waals surface area contributed by atoms with E-state index in [0.717, 1.165) is 6.07 Å². The van der Waals surface area contributed by atoms with Crippen molar-refractivity contribution in [1.82, 2.24) is 10.2 Å². The number of benzene rings is 2. The summed E-state index contributed by atoms with van der Waals surface area (Å²) >= 11 is 0. The summed E-state index contributed by atoms with van der Waals surface area (Å²) in [5, 5.41) is 14.4. The summed E-state index contributed by atoms with van der Waals surface area (Å²) in [6, 6.07) is 6.38. The van der Waals surface area contributed by atoms with Gasteiger partial charge in [0.05, 0.1) is 23.5 Å². The normalized spacial score (nSPS) is 14.2. The van der Waals surface area contributed by atoms with Crippen LogP contribution >= 0.6 is 0 Å². The first-order chi connectivity index (χ1) is 12.9. The van der Waals surface area contributed by atoms with Gasteiger partial charge in [-0.05, 0) is 36.8 Å². The van der Waals surface area contributed by atoms with E-state index in [1.807, 2.05) is 0 Å². The third-order valence-corrected chi connectivity index (χ3v) is 4.42. The number of aryl methyl sites for hydroxylation is 1. The topological polar surface area (TPSA) is 64.6 Å². The molecule has 1 heterocycles. The van der Waals surface area contributed by atoms with E-state index in [1.54, 1.807) is 13.0 Å². The van der Waals surface area contributed by atoms with Crippen molar-refractivity contribution in [2.24, 2.45) is 0 Å². The van der Waals surface area contributed by atoms with Gasteiger partial charge in [0.25, 0.3) is 5.91 Å². The second kappa shape index (κ2) is 7.98. The van der Waals surface area contributed by atoms with Gasteiger partial charge in [0, 0.05) is 25.7 Å². The zero-order chi connectivity index (χ0) is 19.6. The summed E-state index contributed by atoms with van der Waals surface area (Å²) in [4.78, 5) is 14.2. The van der Waals surface area contributed by atoms with Crippen LogP contribution in [0, 0.1) is 24.4 Å². The molecule has 1 saturated heterocycles. The van der Waals surface area contributed by atoms with Gasteiger partial charge in [0.1, 0.15) is 5.82 Å². The molecule has 1 fully saturated rings. The molecule has 0 aliphatic carbocycles. The highest BCUT2D eigenvalue weighted by atomic mass is 19.2. The Morgan fingerprint density at radius 2 is 1.93 bits per heavy atom. The summed E-state index contributed by atoms with van der Waals surface area (Å²) in [5.41, 5.74) is 0.158. The highest BCUT2D eigenvalue weighted by Gasteiger charge is 2.32. The van der Waals surface area contributed by atoms with Crippen molar-refractivity contribution < 1.29 is 23.1 Å². The van der Waals surface area contributed by atoms with Crippen molar-refractivity contribution in [3.8, 4) is 0 Å². The molecular formula is C19H20F3N3O2.